The van der Waals surface area contributed by atoms with Crippen LogP contribution in [0.5, 0.6) is 0 Å². The molecule has 6 heteroatoms. The lowest BCUT2D eigenvalue weighted by Crippen LogP contribution is -2.16. The molecule has 1 N–H and O–H groups in total. The SMILES string of the molecule is Cc1cc(C(=O)COC(=O)Cc2c[nH]c3ccccc23)c(C)n1Cc1cccs1. The van der Waals surface area contributed by atoms with Gasteiger partial charge in [0.25, 0.3) is 0 Å². The lowest BCUT2D eigenvalue weighted by molar-refractivity contribution is -0.141. The van der Waals surface area contributed by atoms with E-state index in [1.54, 1.807) is 11.3 Å². The van der Waals surface area contributed by atoms with Crippen LogP contribution in [0.25, 0.3) is 10.9 Å². The van der Waals surface area contributed by atoms with Gasteiger partial charge in [0, 0.05) is 38.9 Å². The molecule has 0 saturated heterocycles. The smallest absolute Gasteiger partial charge is 0.310 e. The predicted molar refractivity (Wildman–Crippen MR) is 115 cm³/mol. The van der Waals surface area contributed by atoms with Crippen LogP contribution in [0.2, 0.25) is 0 Å². The van der Waals surface area contributed by atoms with Crippen molar-refractivity contribution in [3.8, 4) is 0 Å². The zero-order valence-electron chi connectivity index (χ0n) is 16.4. The number of esters is 1. The molecule has 29 heavy (non-hydrogen) atoms. The molecule has 148 valence electrons. The number of aromatic nitrogens is 2. The van der Waals surface area contributed by atoms with Gasteiger partial charge in [0.1, 0.15) is 0 Å². The number of H-pyrrole nitrogens is 1. The first kappa shape index (κ1) is 19.2. The van der Waals surface area contributed by atoms with E-state index < -0.39 is 5.97 Å². The Morgan fingerprint density at radius 3 is 2.76 bits per heavy atom. The van der Waals surface area contributed by atoms with E-state index in [-0.39, 0.29) is 18.8 Å². The lowest BCUT2D eigenvalue weighted by atomic mass is 10.1. The molecule has 0 spiro atoms. The minimum Gasteiger partial charge on any atom is -0.457 e. The molecule has 5 nitrogen and oxygen atoms in total. The first-order valence-electron chi connectivity index (χ1n) is 9.46. The summed E-state index contributed by atoms with van der Waals surface area (Å²) < 4.78 is 7.40. The molecular weight excluding hydrogens is 384 g/mol. The second kappa shape index (κ2) is 8.09. The summed E-state index contributed by atoms with van der Waals surface area (Å²) in [5, 5.41) is 3.04. The molecule has 0 amide bonds. The lowest BCUT2D eigenvalue weighted by Gasteiger charge is -2.08. The maximum Gasteiger partial charge on any atom is 0.310 e. The number of aromatic amines is 1. The third kappa shape index (κ3) is 4.03. The molecule has 1 aromatic carbocycles. The summed E-state index contributed by atoms with van der Waals surface area (Å²) in [4.78, 5) is 29.3. The maximum absolute atomic E-state index is 12.7. The van der Waals surface area contributed by atoms with Crippen LogP contribution >= 0.6 is 11.3 Å². The van der Waals surface area contributed by atoms with E-state index in [1.807, 2.05) is 61.8 Å². The number of benzene rings is 1. The summed E-state index contributed by atoms with van der Waals surface area (Å²) in [6, 6.07) is 13.8. The van der Waals surface area contributed by atoms with E-state index >= 15 is 0 Å². The molecule has 0 bridgehead atoms. The van der Waals surface area contributed by atoms with Crippen molar-refractivity contribution in [2.24, 2.45) is 0 Å². The topological polar surface area (TPSA) is 64.1 Å². The van der Waals surface area contributed by atoms with Crippen molar-refractivity contribution in [1.82, 2.24) is 9.55 Å². The van der Waals surface area contributed by atoms with Gasteiger partial charge in [-0.3, -0.25) is 9.59 Å². The van der Waals surface area contributed by atoms with Crippen molar-refractivity contribution >= 4 is 34.0 Å². The Kier molecular flexibility index (Phi) is 5.36. The molecule has 0 radical (unpaired) electrons. The number of fused-ring (bicyclic) bond motifs is 1. The quantitative estimate of drug-likeness (QED) is 0.358. The Morgan fingerprint density at radius 1 is 1.14 bits per heavy atom. The van der Waals surface area contributed by atoms with Gasteiger partial charge < -0.3 is 14.3 Å². The van der Waals surface area contributed by atoms with E-state index in [9.17, 15) is 9.59 Å². The molecule has 0 aliphatic carbocycles. The number of carbonyl (C=O) groups is 2. The third-order valence-corrected chi connectivity index (χ3v) is 6.00. The number of Topliss-reactive ketones (excluding diaryl/α,β-unsaturated/α-hetero) is 1. The maximum atomic E-state index is 12.7. The Labute approximate surface area is 172 Å². The fourth-order valence-corrected chi connectivity index (χ4v) is 4.29. The largest absolute Gasteiger partial charge is 0.457 e. The van der Waals surface area contributed by atoms with Gasteiger partial charge in [-0.1, -0.05) is 24.3 Å². The number of thiophene rings is 1. The Hall–Kier alpha value is -3.12. The average molecular weight is 407 g/mol. The van der Waals surface area contributed by atoms with E-state index in [0.717, 1.165) is 34.4 Å². The number of aryl methyl sites for hydroxylation is 1. The Morgan fingerprint density at radius 2 is 1.97 bits per heavy atom. The second-order valence-corrected chi connectivity index (χ2v) is 8.10. The zero-order chi connectivity index (χ0) is 20.4. The summed E-state index contributed by atoms with van der Waals surface area (Å²) in [6.07, 6.45) is 1.95. The first-order chi connectivity index (χ1) is 14.0. The molecule has 0 aliphatic heterocycles. The van der Waals surface area contributed by atoms with Crippen molar-refractivity contribution in [2.75, 3.05) is 6.61 Å². The van der Waals surface area contributed by atoms with Crippen LogP contribution in [0.4, 0.5) is 0 Å². The summed E-state index contributed by atoms with van der Waals surface area (Å²) in [5.74, 6) is -0.585. The number of para-hydroxylation sites is 1. The number of nitrogens with one attached hydrogen (secondary N) is 1. The number of carbonyl (C=O) groups excluding carboxylic acids is 2. The van der Waals surface area contributed by atoms with Gasteiger partial charge in [-0.25, -0.2) is 0 Å². The van der Waals surface area contributed by atoms with E-state index in [4.69, 9.17) is 4.74 Å². The molecule has 3 heterocycles. The number of ether oxygens (including phenoxy) is 1. The predicted octanol–water partition coefficient (Wildman–Crippen LogP) is 4.66. The first-order valence-corrected chi connectivity index (χ1v) is 10.3. The van der Waals surface area contributed by atoms with Crippen LogP contribution in [-0.4, -0.2) is 27.9 Å². The van der Waals surface area contributed by atoms with Crippen molar-refractivity contribution in [3.63, 3.8) is 0 Å². The van der Waals surface area contributed by atoms with Gasteiger partial charge in [0.15, 0.2) is 6.61 Å². The van der Waals surface area contributed by atoms with E-state index in [1.165, 1.54) is 4.88 Å². The number of rotatable bonds is 7. The van der Waals surface area contributed by atoms with Crippen molar-refractivity contribution in [1.29, 1.82) is 0 Å². The van der Waals surface area contributed by atoms with Crippen molar-refractivity contribution < 1.29 is 14.3 Å². The normalized spacial score (nSPS) is 11.1. The van der Waals surface area contributed by atoms with Crippen LogP contribution < -0.4 is 0 Å². The fourth-order valence-electron chi connectivity index (χ4n) is 3.59. The fraction of sp³-hybridized carbons (Fsp3) is 0.217. The van der Waals surface area contributed by atoms with E-state index in [2.05, 4.69) is 15.6 Å². The summed E-state index contributed by atoms with van der Waals surface area (Å²) in [5.41, 5.74) is 4.37. The molecule has 0 atom stereocenters. The standard InChI is InChI=1S/C23H22N2O3S/c1-15-10-20(16(2)25(15)13-18-6-5-9-29-18)22(26)14-28-23(27)11-17-12-24-21-8-4-3-7-19(17)21/h3-10,12,24H,11,13-14H2,1-2H3. The van der Waals surface area contributed by atoms with Gasteiger partial charge in [-0.15, -0.1) is 11.3 Å². The Balaban J connectivity index is 1.40. The van der Waals surface area contributed by atoms with Gasteiger partial charge in [0.2, 0.25) is 5.78 Å². The number of ketones is 1. The molecule has 0 fully saturated rings. The van der Waals surface area contributed by atoms with Crippen LogP contribution in [-0.2, 0) is 22.5 Å². The van der Waals surface area contributed by atoms with E-state index in [0.29, 0.717) is 5.56 Å². The minimum atomic E-state index is -0.407. The second-order valence-electron chi connectivity index (χ2n) is 7.07. The summed E-state index contributed by atoms with van der Waals surface area (Å²) in [6.45, 7) is 4.41. The minimum absolute atomic E-state index is 0.134. The average Bonchev–Trinajstić information content (AvgIpc) is 3.43. The highest BCUT2D eigenvalue weighted by molar-refractivity contribution is 7.09. The van der Waals surface area contributed by atoms with Crippen LogP contribution in [0, 0.1) is 13.8 Å². The summed E-state index contributed by atoms with van der Waals surface area (Å²) in [7, 11) is 0. The monoisotopic (exact) mass is 406 g/mol. The van der Waals surface area contributed by atoms with Gasteiger partial charge >= 0.3 is 5.97 Å². The molecule has 3 aromatic heterocycles. The number of hydrogen-bond acceptors (Lipinski definition) is 4. The molecular formula is C23H22N2O3S. The molecule has 0 aliphatic rings. The zero-order valence-corrected chi connectivity index (χ0v) is 17.2. The third-order valence-electron chi connectivity index (χ3n) is 5.14. The Bertz CT molecular complexity index is 1170. The van der Waals surface area contributed by atoms with Gasteiger partial charge in [-0.05, 0) is 43.0 Å². The van der Waals surface area contributed by atoms with Crippen molar-refractivity contribution in [3.05, 3.63) is 81.4 Å². The highest BCUT2D eigenvalue weighted by Gasteiger charge is 2.18. The highest BCUT2D eigenvalue weighted by Crippen LogP contribution is 2.21. The molecule has 0 saturated carbocycles. The number of hydrogen-bond donors (Lipinski definition) is 1. The highest BCUT2D eigenvalue weighted by atomic mass is 32.1. The van der Waals surface area contributed by atoms with Crippen LogP contribution in [0.15, 0.2) is 54.0 Å². The van der Waals surface area contributed by atoms with Crippen LogP contribution in [0.3, 0.4) is 0 Å². The van der Waals surface area contributed by atoms with Gasteiger partial charge in [0.05, 0.1) is 13.0 Å². The van der Waals surface area contributed by atoms with Crippen LogP contribution in [0.1, 0.15) is 32.2 Å². The molecule has 0 unspecified atom stereocenters. The van der Waals surface area contributed by atoms with Crippen molar-refractivity contribution in [2.45, 2.75) is 26.8 Å². The molecule has 4 aromatic rings. The van der Waals surface area contributed by atoms with Gasteiger partial charge in [-0.2, -0.15) is 0 Å². The number of nitrogens with zero attached hydrogens (tertiary/aromatic N) is 1. The summed E-state index contributed by atoms with van der Waals surface area (Å²) >= 11 is 1.69. The molecule has 4 rings (SSSR count).